The highest BCUT2D eigenvalue weighted by atomic mass is 19.4. The topological polar surface area (TPSA) is 37.3 Å². The van der Waals surface area contributed by atoms with Crippen molar-refractivity contribution in [2.75, 3.05) is 18.4 Å². The van der Waals surface area contributed by atoms with Gasteiger partial charge in [0, 0.05) is 31.0 Å². The van der Waals surface area contributed by atoms with Crippen LogP contribution in [0.15, 0.2) is 42.6 Å². The molecule has 0 bridgehead atoms. The minimum atomic E-state index is -4.50. The monoisotopic (exact) mass is 337 g/mol. The van der Waals surface area contributed by atoms with Gasteiger partial charge in [-0.1, -0.05) is 12.1 Å². The summed E-state index contributed by atoms with van der Waals surface area (Å²) in [5, 5.41) is 2.40. The molecule has 0 saturated carbocycles. The molecule has 1 N–H and O–H groups in total. The molecular formula is C17H18F3N3O. The number of nitrogens with zero attached hydrogens (tertiary/aromatic N) is 2. The van der Waals surface area contributed by atoms with Gasteiger partial charge in [0.05, 0.1) is 17.8 Å². The summed E-state index contributed by atoms with van der Waals surface area (Å²) in [5.41, 5.74) is 0.0618. The second kappa shape index (κ2) is 6.32. The SMILES string of the molecule is CC1c2cccn2CCN1CC(=O)Nc1ccccc1C(F)(F)F. The summed E-state index contributed by atoms with van der Waals surface area (Å²) >= 11 is 0. The summed E-state index contributed by atoms with van der Waals surface area (Å²) in [6.07, 6.45) is -2.51. The predicted molar refractivity (Wildman–Crippen MR) is 84.5 cm³/mol. The quantitative estimate of drug-likeness (QED) is 0.930. The van der Waals surface area contributed by atoms with Crippen LogP contribution in [0.25, 0.3) is 0 Å². The molecule has 0 fully saturated rings. The van der Waals surface area contributed by atoms with Crippen LogP contribution in [0, 0.1) is 0 Å². The van der Waals surface area contributed by atoms with Crippen molar-refractivity contribution >= 4 is 11.6 Å². The van der Waals surface area contributed by atoms with Crippen molar-refractivity contribution in [3.05, 3.63) is 53.9 Å². The van der Waals surface area contributed by atoms with Gasteiger partial charge < -0.3 is 9.88 Å². The van der Waals surface area contributed by atoms with Crippen molar-refractivity contribution in [1.82, 2.24) is 9.47 Å². The Bertz CT molecular complexity index is 739. The van der Waals surface area contributed by atoms with E-state index >= 15 is 0 Å². The number of hydrogen-bond donors (Lipinski definition) is 1. The Morgan fingerprint density at radius 3 is 2.71 bits per heavy atom. The van der Waals surface area contributed by atoms with E-state index in [1.165, 1.54) is 18.2 Å². The molecule has 24 heavy (non-hydrogen) atoms. The number of carbonyl (C=O) groups is 1. The highest BCUT2D eigenvalue weighted by Crippen LogP contribution is 2.34. The number of fused-ring (bicyclic) bond motifs is 1. The number of rotatable bonds is 3. The molecule has 0 radical (unpaired) electrons. The molecule has 1 aromatic carbocycles. The van der Waals surface area contributed by atoms with Gasteiger partial charge in [-0.05, 0) is 31.2 Å². The minimum Gasteiger partial charge on any atom is -0.349 e. The zero-order valence-electron chi connectivity index (χ0n) is 13.2. The van der Waals surface area contributed by atoms with Crippen LogP contribution >= 0.6 is 0 Å². The van der Waals surface area contributed by atoms with Crippen LogP contribution in [-0.4, -0.2) is 28.5 Å². The van der Waals surface area contributed by atoms with Gasteiger partial charge in [-0.15, -0.1) is 0 Å². The lowest BCUT2D eigenvalue weighted by molar-refractivity contribution is -0.137. The van der Waals surface area contributed by atoms with Gasteiger partial charge in [-0.3, -0.25) is 9.69 Å². The van der Waals surface area contributed by atoms with Gasteiger partial charge in [0.1, 0.15) is 0 Å². The highest BCUT2D eigenvalue weighted by Gasteiger charge is 2.34. The first kappa shape index (κ1) is 16.6. The van der Waals surface area contributed by atoms with Crippen molar-refractivity contribution in [3.63, 3.8) is 0 Å². The molecular weight excluding hydrogens is 319 g/mol. The Labute approximate surface area is 137 Å². The summed E-state index contributed by atoms with van der Waals surface area (Å²) in [6.45, 7) is 3.48. The molecule has 1 aliphatic rings. The standard InChI is InChI=1S/C17H18F3N3O/c1-12-15-7-4-8-22(15)9-10-23(12)11-16(24)21-14-6-3-2-5-13(14)17(18,19)20/h2-8,12H,9-11H2,1H3,(H,21,24). The van der Waals surface area contributed by atoms with Crippen molar-refractivity contribution in [3.8, 4) is 0 Å². The van der Waals surface area contributed by atoms with Crippen LogP contribution in [0.5, 0.6) is 0 Å². The summed E-state index contributed by atoms with van der Waals surface area (Å²) in [4.78, 5) is 14.2. The van der Waals surface area contributed by atoms with Gasteiger partial charge in [-0.25, -0.2) is 0 Å². The average Bonchev–Trinajstić information content (AvgIpc) is 2.99. The molecule has 128 valence electrons. The molecule has 1 aliphatic heterocycles. The van der Waals surface area contributed by atoms with Crippen LogP contribution in [0.1, 0.15) is 24.2 Å². The van der Waals surface area contributed by atoms with E-state index in [2.05, 4.69) is 9.88 Å². The Balaban J connectivity index is 1.69. The zero-order valence-corrected chi connectivity index (χ0v) is 13.2. The van der Waals surface area contributed by atoms with Crippen LogP contribution in [0.3, 0.4) is 0 Å². The maximum atomic E-state index is 13.0. The Morgan fingerprint density at radius 2 is 1.96 bits per heavy atom. The van der Waals surface area contributed by atoms with Crippen LogP contribution < -0.4 is 5.32 Å². The highest BCUT2D eigenvalue weighted by molar-refractivity contribution is 5.93. The van der Waals surface area contributed by atoms with Crippen molar-refractivity contribution in [2.24, 2.45) is 0 Å². The number of aromatic nitrogens is 1. The Hall–Kier alpha value is -2.28. The number of hydrogen-bond acceptors (Lipinski definition) is 2. The van der Waals surface area contributed by atoms with E-state index in [9.17, 15) is 18.0 Å². The number of anilines is 1. The Morgan fingerprint density at radius 1 is 1.21 bits per heavy atom. The van der Waals surface area contributed by atoms with E-state index in [1.54, 1.807) is 0 Å². The molecule has 4 nitrogen and oxygen atoms in total. The smallest absolute Gasteiger partial charge is 0.349 e. The molecule has 2 aromatic rings. The van der Waals surface area contributed by atoms with Gasteiger partial charge in [0.2, 0.25) is 5.91 Å². The van der Waals surface area contributed by atoms with E-state index in [0.29, 0.717) is 6.54 Å². The Kier molecular flexibility index (Phi) is 4.36. The summed E-state index contributed by atoms with van der Waals surface area (Å²) < 4.78 is 41.1. The largest absolute Gasteiger partial charge is 0.418 e. The number of benzene rings is 1. The molecule has 2 heterocycles. The van der Waals surface area contributed by atoms with E-state index in [1.807, 2.05) is 30.2 Å². The number of amides is 1. The fraction of sp³-hybridized carbons (Fsp3) is 0.353. The average molecular weight is 337 g/mol. The number of carbonyl (C=O) groups excluding carboxylic acids is 1. The number of halogens is 3. The summed E-state index contributed by atoms with van der Waals surface area (Å²) in [7, 11) is 0. The van der Waals surface area contributed by atoms with E-state index in [0.717, 1.165) is 18.3 Å². The fourth-order valence-electron chi connectivity index (χ4n) is 3.06. The minimum absolute atomic E-state index is 0.0392. The van der Waals surface area contributed by atoms with Crippen molar-refractivity contribution in [1.29, 1.82) is 0 Å². The zero-order chi connectivity index (χ0) is 17.3. The van der Waals surface area contributed by atoms with E-state index < -0.39 is 17.6 Å². The molecule has 0 aliphatic carbocycles. The first-order valence-corrected chi connectivity index (χ1v) is 7.71. The van der Waals surface area contributed by atoms with Crippen LogP contribution in [-0.2, 0) is 17.5 Å². The van der Waals surface area contributed by atoms with Crippen molar-refractivity contribution in [2.45, 2.75) is 25.7 Å². The second-order valence-electron chi connectivity index (χ2n) is 5.86. The molecule has 7 heteroatoms. The fourth-order valence-corrected chi connectivity index (χ4v) is 3.06. The van der Waals surface area contributed by atoms with E-state index in [-0.39, 0.29) is 18.3 Å². The third-order valence-electron chi connectivity index (χ3n) is 4.32. The normalized spacial score (nSPS) is 18.2. The second-order valence-corrected chi connectivity index (χ2v) is 5.86. The van der Waals surface area contributed by atoms with Gasteiger partial charge in [0.25, 0.3) is 0 Å². The summed E-state index contributed by atoms with van der Waals surface area (Å²) in [6, 6.07) is 9.00. The molecule has 1 amide bonds. The predicted octanol–water partition coefficient (Wildman–Crippen LogP) is 3.52. The molecule has 1 atom stereocenters. The molecule has 0 spiro atoms. The van der Waals surface area contributed by atoms with Crippen molar-refractivity contribution < 1.29 is 18.0 Å². The first-order chi connectivity index (χ1) is 11.4. The van der Waals surface area contributed by atoms with Crippen LogP contribution in [0.2, 0.25) is 0 Å². The molecule has 0 saturated heterocycles. The van der Waals surface area contributed by atoms with E-state index in [4.69, 9.17) is 0 Å². The number of nitrogens with one attached hydrogen (secondary N) is 1. The first-order valence-electron chi connectivity index (χ1n) is 7.71. The molecule has 3 rings (SSSR count). The van der Waals surface area contributed by atoms with Gasteiger partial charge in [0.15, 0.2) is 0 Å². The van der Waals surface area contributed by atoms with Gasteiger partial charge in [-0.2, -0.15) is 13.2 Å². The molecule has 1 unspecified atom stereocenters. The maximum Gasteiger partial charge on any atom is 0.418 e. The number of para-hydroxylation sites is 1. The lowest BCUT2D eigenvalue weighted by Gasteiger charge is -2.34. The summed E-state index contributed by atoms with van der Waals surface area (Å²) in [5.74, 6) is -0.446. The van der Waals surface area contributed by atoms with Gasteiger partial charge >= 0.3 is 6.18 Å². The van der Waals surface area contributed by atoms with Crippen LogP contribution in [0.4, 0.5) is 18.9 Å². The third-order valence-corrected chi connectivity index (χ3v) is 4.32. The number of alkyl halides is 3. The molecule has 1 aromatic heterocycles. The maximum absolute atomic E-state index is 13.0. The lowest BCUT2D eigenvalue weighted by atomic mass is 10.1. The lowest BCUT2D eigenvalue weighted by Crippen LogP contribution is -2.41. The third kappa shape index (κ3) is 3.31.